The molecule has 0 saturated heterocycles. The fraction of sp³-hybridized carbons (Fsp3) is 1.00. The zero-order chi connectivity index (χ0) is 12.0. The molecule has 0 bridgehead atoms. The van der Waals surface area contributed by atoms with Crippen molar-refractivity contribution in [2.45, 2.75) is 69.8 Å². The van der Waals surface area contributed by atoms with Crippen LogP contribution in [0.15, 0.2) is 0 Å². The lowest BCUT2D eigenvalue weighted by molar-refractivity contribution is 0.0300. The van der Waals surface area contributed by atoms with E-state index in [1.165, 1.54) is 25.0 Å². The van der Waals surface area contributed by atoms with E-state index in [2.05, 4.69) is 37.8 Å². The highest BCUT2D eigenvalue weighted by Crippen LogP contribution is 2.30. The third-order valence-electron chi connectivity index (χ3n) is 3.82. The Labute approximate surface area is 105 Å². The molecule has 0 heterocycles. The van der Waals surface area contributed by atoms with Crippen molar-refractivity contribution in [2.75, 3.05) is 12.3 Å². The summed E-state index contributed by atoms with van der Waals surface area (Å²) in [6.45, 7) is 7.12. The molecule has 0 radical (unpaired) electrons. The van der Waals surface area contributed by atoms with Crippen LogP contribution in [0.2, 0.25) is 0 Å². The zero-order valence-electron chi connectivity index (χ0n) is 11.0. The molecular formula is C13H27NOS. The Morgan fingerprint density at radius 3 is 2.50 bits per heavy atom. The van der Waals surface area contributed by atoms with E-state index in [1.54, 1.807) is 0 Å². The molecule has 2 nitrogen and oxygen atoms in total. The molecule has 2 N–H and O–H groups in total. The maximum atomic E-state index is 10.2. The first-order valence-electron chi connectivity index (χ1n) is 6.71. The van der Waals surface area contributed by atoms with Crippen LogP contribution in [0.4, 0.5) is 0 Å². The third-order valence-corrected chi connectivity index (χ3v) is 5.06. The molecule has 2 atom stereocenters. The van der Waals surface area contributed by atoms with Crippen LogP contribution in [0.3, 0.4) is 0 Å². The zero-order valence-corrected chi connectivity index (χ0v) is 11.8. The van der Waals surface area contributed by atoms with Crippen molar-refractivity contribution in [2.24, 2.45) is 0 Å². The van der Waals surface area contributed by atoms with E-state index >= 15 is 0 Å². The first-order valence-corrected chi connectivity index (χ1v) is 7.75. The van der Waals surface area contributed by atoms with Gasteiger partial charge in [-0.05, 0) is 37.9 Å². The van der Waals surface area contributed by atoms with Crippen molar-refractivity contribution in [3.05, 3.63) is 0 Å². The van der Waals surface area contributed by atoms with E-state index in [0.29, 0.717) is 6.04 Å². The summed E-state index contributed by atoms with van der Waals surface area (Å²) in [4.78, 5) is 0. The molecule has 1 fully saturated rings. The first-order chi connectivity index (χ1) is 7.63. The van der Waals surface area contributed by atoms with Crippen LogP contribution in [0.1, 0.15) is 52.9 Å². The fourth-order valence-electron chi connectivity index (χ4n) is 2.35. The van der Waals surface area contributed by atoms with Crippen LogP contribution in [-0.4, -0.2) is 34.3 Å². The summed E-state index contributed by atoms with van der Waals surface area (Å²) >= 11 is 2.09. The van der Waals surface area contributed by atoms with Crippen molar-refractivity contribution in [1.29, 1.82) is 0 Å². The molecule has 0 aromatic rings. The van der Waals surface area contributed by atoms with E-state index < -0.39 is 5.60 Å². The number of rotatable bonds is 7. The van der Waals surface area contributed by atoms with Gasteiger partial charge in [-0.15, -0.1) is 0 Å². The minimum Gasteiger partial charge on any atom is -0.389 e. The lowest BCUT2D eigenvalue weighted by atomic mass is 9.97. The summed E-state index contributed by atoms with van der Waals surface area (Å²) in [6, 6.07) is 0.633. The lowest BCUT2D eigenvalue weighted by Gasteiger charge is -2.27. The second-order valence-electron chi connectivity index (χ2n) is 4.90. The van der Waals surface area contributed by atoms with Crippen LogP contribution in [0, 0.1) is 0 Å². The van der Waals surface area contributed by atoms with Gasteiger partial charge in [0.25, 0.3) is 0 Å². The number of aliphatic hydroxyl groups is 1. The Kier molecular flexibility index (Phi) is 6.16. The standard InChI is InChI=1S/C13H27NOS/c1-4-13(15,5-2)10-14-11-7-8-12(9-11)16-6-3/h11-12,14-15H,4-10H2,1-3H3. The van der Waals surface area contributed by atoms with Crippen LogP contribution < -0.4 is 5.32 Å². The summed E-state index contributed by atoms with van der Waals surface area (Å²) in [6.07, 6.45) is 5.59. The molecule has 1 aliphatic rings. The molecule has 1 rings (SSSR count). The summed E-state index contributed by atoms with van der Waals surface area (Å²) in [5.74, 6) is 1.23. The molecule has 0 spiro atoms. The average Bonchev–Trinajstić information content (AvgIpc) is 2.74. The van der Waals surface area contributed by atoms with Crippen LogP contribution in [0.5, 0.6) is 0 Å². The predicted octanol–water partition coefficient (Wildman–Crippen LogP) is 2.80. The van der Waals surface area contributed by atoms with Crippen LogP contribution >= 0.6 is 11.8 Å². The van der Waals surface area contributed by atoms with Gasteiger partial charge in [-0.2, -0.15) is 11.8 Å². The van der Waals surface area contributed by atoms with Crippen molar-refractivity contribution in [3.8, 4) is 0 Å². The van der Waals surface area contributed by atoms with Crippen molar-refractivity contribution >= 4 is 11.8 Å². The highest BCUT2D eigenvalue weighted by molar-refractivity contribution is 7.99. The molecular weight excluding hydrogens is 218 g/mol. The molecule has 0 aliphatic heterocycles. The van der Waals surface area contributed by atoms with Gasteiger partial charge in [0.1, 0.15) is 0 Å². The van der Waals surface area contributed by atoms with Gasteiger partial charge >= 0.3 is 0 Å². The molecule has 16 heavy (non-hydrogen) atoms. The molecule has 96 valence electrons. The highest BCUT2D eigenvalue weighted by atomic mass is 32.2. The molecule has 3 heteroatoms. The fourth-order valence-corrected chi connectivity index (χ4v) is 3.49. The molecule has 0 amide bonds. The second kappa shape index (κ2) is 6.87. The molecule has 0 aromatic carbocycles. The van der Waals surface area contributed by atoms with Gasteiger partial charge in [0, 0.05) is 17.8 Å². The Balaban J connectivity index is 2.24. The van der Waals surface area contributed by atoms with E-state index in [1.807, 2.05) is 0 Å². The van der Waals surface area contributed by atoms with Gasteiger partial charge in [-0.3, -0.25) is 0 Å². The Hall–Kier alpha value is 0.270. The second-order valence-corrected chi connectivity index (χ2v) is 6.48. The Morgan fingerprint density at radius 1 is 1.25 bits per heavy atom. The van der Waals surface area contributed by atoms with Gasteiger partial charge in [-0.1, -0.05) is 20.8 Å². The quantitative estimate of drug-likeness (QED) is 0.723. The van der Waals surface area contributed by atoms with E-state index in [4.69, 9.17) is 0 Å². The van der Waals surface area contributed by atoms with Crippen molar-refractivity contribution in [3.63, 3.8) is 0 Å². The van der Waals surface area contributed by atoms with E-state index in [0.717, 1.165) is 24.6 Å². The molecule has 0 aromatic heterocycles. The number of nitrogens with one attached hydrogen (secondary N) is 1. The lowest BCUT2D eigenvalue weighted by Crippen LogP contribution is -2.43. The first kappa shape index (κ1) is 14.3. The maximum Gasteiger partial charge on any atom is 0.0766 e. The Morgan fingerprint density at radius 2 is 1.94 bits per heavy atom. The largest absolute Gasteiger partial charge is 0.389 e. The predicted molar refractivity (Wildman–Crippen MR) is 73.1 cm³/mol. The summed E-state index contributed by atoms with van der Waals surface area (Å²) in [5, 5.41) is 14.6. The number of hydrogen-bond donors (Lipinski definition) is 2. The van der Waals surface area contributed by atoms with Gasteiger partial charge in [0.05, 0.1) is 5.60 Å². The summed E-state index contributed by atoms with van der Waals surface area (Å²) in [7, 11) is 0. The van der Waals surface area contributed by atoms with Gasteiger partial charge in [0.2, 0.25) is 0 Å². The molecule has 1 saturated carbocycles. The van der Waals surface area contributed by atoms with E-state index in [9.17, 15) is 5.11 Å². The number of hydrogen-bond acceptors (Lipinski definition) is 3. The normalized spacial score (nSPS) is 26.2. The summed E-state index contributed by atoms with van der Waals surface area (Å²) in [5.41, 5.74) is -0.490. The minimum atomic E-state index is -0.490. The van der Waals surface area contributed by atoms with Crippen LogP contribution in [-0.2, 0) is 0 Å². The summed E-state index contributed by atoms with van der Waals surface area (Å²) < 4.78 is 0. The van der Waals surface area contributed by atoms with Gasteiger partial charge in [-0.25, -0.2) is 0 Å². The van der Waals surface area contributed by atoms with Crippen molar-refractivity contribution < 1.29 is 5.11 Å². The number of thioether (sulfide) groups is 1. The van der Waals surface area contributed by atoms with Gasteiger partial charge < -0.3 is 10.4 Å². The SMILES string of the molecule is CCSC1CCC(NCC(O)(CC)CC)C1. The minimum absolute atomic E-state index is 0.490. The van der Waals surface area contributed by atoms with E-state index in [-0.39, 0.29) is 0 Å². The third kappa shape index (κ3) is 4.27. The smallest absolute Gasteiger partial charge is 0.0766 e. The average molecular weight is 245 g/mol. The topological polar surface area (TPSA) is 32.3 Å². The highest BCUT2D eigenvalue weighted by Gasteiger charge is 2.27. The van der Waals surface area contributed by atoms with Crippen molar-refractivity contribution in [1.82, 2.24) is 5.32 Å². The maximum absolute atomic E-state index is 10.2. The molecule has 2 unspecified atom stereocenters. The Bertz CT molecular complexity index is 194. The molecule has 1 aliphatic carbocycles. The van der Waals surface area contributed by atoms with Crippen LogP contribution in [0.25, 0.3) is 0 Å². The monoisotopic (exact) mass is 245 g/mol. The van der Waals surface area contributed by atoms with Gasteiger partial charge in [0.15, 0.2) is 0 Å².